The van der Waals surface area contributed by atoms with Gasteiger partial charge in [0.15, 0.2) is 4.32 Å². The van der Waals surface area contributed by atoms with Gasteiger partial charge in [-0.3, -0.25) is 9.69 Å². The number of carbonyl (C=O) groups is 1. The minimum Gasteiger partial charge on any atom is -0.268 e. The Labute approximate surface area is 158 Å². The fourth-order valence-electron chi connectivity index (χ4n) is 2.70. The largest absolute Gasteiger partial charge is 0.270 e. The Morgan fingerprint density at radius 2 is 1.72 bits per heavy atom. The van der Waals surface area contributed by atoms with Crippen LogP contribution in [0.15, 0.2) is 53.4 Å². The Balaban J connectivity index is 1.84. The molecule has 1 aliphatic heterocycles. The maximum Gasteiger partial charge on any atom is 0.270 e. The number of hydrogen-bond acceptors (Lipinski definition) is 3. The summed E-state index contributed by atoms with van der Waals surface area (Å²) in [4.78, 5) is 15.1. The second kappa shape index (κ2) is 7.54. The molecule has 1 fully saturated rings. The maximum atomic E-state index is 12.8. The molecule has 1 aliphatic rings. The quantitative estimate of drug-likeness (QED) is 0.505. The molecule has 0 spiro atoms. The van der Waals surface area contributed by atoms with Crippen molar-refractivity contribution >= 4 is 46.0 Å². The highest BCUT2D eigenvalue weighted by Crippen LogP contribution is 2.36. The van der Waals surface area contributed by atoms with E-state index < -0.39 is 0 Å². The Morgan fingerprint density at radius 3 is 2.28 bits per heavy atom. The van der Waals surface area contributed by atoms with E-state index >= 15 is 0 Å². The highest BCUT2D eigenvalue weighted by atomic mass is 32.2. The van der Waals surface area contributed by atoms with Gasteiger partial charge in [-0.2, -0.15) is 0 Å². The fraction of sp³-hybridized carbons (Fsp3) is 0.238. The summed E-state index contributed by atoms with van der Waals surface area (Å²) in [5.74, 6) is 0.450. The predicted octanol–water partition coefficient (Wildman–Crippen LogP) is 5.78. The molecule has 0 aromatic heterocycles. The van der Waals surface area contributed by atoms with Crippen LogP contribution in [-0.2, 0) is 11.2 Å². The molecule has 0 radical (unpaired) electrons. The summed E-state index contributed by atoms with van der Waals surface area (Å²) in [6, 6.07) is 16.3. The van der Waals surface area contributed by atoms with Crippen molar-refractivity contribution in [1.29, 1.82) is 0 Å². The SMILES string of the molecule is CCc1ccc(N2C(=O)/C(=C/c3ccc(C(C)C)cc3)SC2=S)cc1. The van der Waals surface area contributed by atoms with Crippen LogP contribution in [0, 0.1) is 0 Å². The van der Waals surface area contributed by atoms with Gasteiger partial charge >= 0.3 is 0 Å². The van der Waals surface area contributed by atoms with Crippen LogP contribution in [0.2, 0.25) is 0 Å². The first kappa shape index (κ1) is 17.9. The molecule has 1 heterocycles. The topological polar surface area (TPSA) is 20.3 Å². The fourth-order valence-corrected chi connectivity index (χ4v) is 4.00. The molecular weight excluding hydrogens is 346 g/mol. The molecule has 0 unspecified atom stereocenters. The van der Waals surface area contributed by atoms with E-state index in [9.17, 15) is 4.79 Å². The lowest BCUT2D eigenvalue weighted by Crippen LogP contribution is -2.27. The summed E-state index contributed by atoms with van der Waals surface area (Å²) in [5, 5.41) is 0. The molecule has 1 amide bonds. The van der Waals surface area contributed by atoms with Gasteiger partial charge in [-0.25, -0.2) is 0 Å². The normalized spacial score (nSPS) is 16.3. The van der Waals surface area contributed by atoms with Crippen LogP contribution in [-0.4, -0.2) is 10.2 Å². The number of anilines is 1. The van der Waals surface area contributed by atoms with Crippen molar-refractivity contribution in [2.75, 3.05) is 4.90 Å². The number of amides is 1. The molecule has 0 aliphatic carbocycles. The Kier molecular flexibility index (Phi) is 5.40. The standard InChI is InChI=1S/C21H21NOS2/c1-4-15-7-11-18(12-8-15)22-20(23)19(25-21(22)24)13-16-5-9-17(10-6-16)14(2)3/h5-14H,4H2,1-3H3/b19-13-. The molecule has 1 saturated heterocycles. The zero-order valence-corrected chi connectivity index (χ0v) is 16.3. The summed E-state index contributed by atoms with van der Waals surface area (Å²) in [7, 11) is 0. The summed E-state index contributed by atoms with van der Waals surface area (Å²) in [6.45, 7) is 6.45. The van der Waals surface area contributed by atoms with Crippen LogP contribution >= 0.6 is 24.0 Å². The average molecular weight is 368 g/mol. The van der Waals surface area contributed by atoms with Crippen LogP contribution in [0.3, 0.4) is 0 Å². The lowest BCUT2D eigenvalue weighted by atomic mass is 10.0. The van der Waals surface area contributed by atoms with Crippen LogP contribution < -0.4 is 4.90 Å². The molecule has 25 heavy (non-hydrogen) atoms. The first-order valence-electron chi connectivity index (χ1n) is 8.46. The number of thioether (sulfide) groups is 1. The molecule has 4 heteroatoms. The zero-order valence-electron chi connectivity index (χ0n) is 14.7. The van der Waals surface area contributed by atoms with Crippen LogP contribution in [0.1, 0.15) is 43.4 Å². The monoisotopic (exact) mass is 367 g/mol. The van der Waals surface area contributed by atoms with E-state index in [1.54, 1.807) is 4.90 Å². The summed E-state index contributed by atoms with van der Waals surface area (Å²) in [5.41, 5.74) is 4.39. The summed E-state index contributed by atoms with van der Waals surface area (Å²) in [6.07, 6.45) is 2.90. The van der Waals surface area contributed by atoms with Crippen LogP contribution in [0.4, 0.5) is 5.69 Å². The number of rotatable bonds is 4. The van der Waals surface area contributed by atoms with E-state index in [4.69, 9.17) is 12.2 Å². The van der Waals surface area contributed by atoms with Gasteiger partial charge in [0.05, 0.1) is 10.6 Å². The molecule has 0 saturated carbocycles. The van der Waals surface area contributed by atoms with Crippen molar-refractivity contribution in [2.45, 2.75) is 33.1 Å². The first-order valence-corrected chi connectivity index (χ1v) is 9.69. The third-order valence-electron chi connectivity index (χ3n) is 4.30. The van der Waals surface area contributed by atoms with Gasteiger partial charge in [0.2, 0.25) is 0 Å². The molecular formula is C21H21NOS2. The molecule has 3 rings (SSSR count). The van der Waals surface area contributed by atoms with Gasteiger partial charge in [0.25, 0.3) is 5.91 Å². The smallest absolute Gasteiger partial charge is 0.268 e. The first-order chi connectivity index (χ1) is 12.0. The number of nitrogens with zero attached hydrogens (tertiary/aromatic N) is 1. The van der Waals surface area contributed by atoms with E-state index in [1.165, 1.54) is 22.9 Å². The van der Waals surface area contributed by atoms with Crippen molar-refractivity contribution in [3.63, 3.8) is 0 Å². The molecule has 0 atom stereocenters. The lowest BCUT2D eigenvalue weighted by Gasteiger charge is -2.14. The number of carbonyl (C=O) groups excluding carboxylic acids is 1. The van der Waals surface area contributed by atoms with Gasteiger partial charge in [-0.05, 0) is 47.2 Å². The number of hydrogen-bond donors (Lipinski definition) is 0. The van der Waals surface area contributed by atoms with Crippen LogP contribution in [0.25, 0.3) is 6.08 Å². The van der Waals surface area contributed by atoms with Crippen molar-refractivity contribution in [2.24, 2.45) is 0 Å². The van der Waals surface area contributed by atoms with Crippen molar-refractivity contribution in [3.8, 4) is 0 Å². The molecule has 0 bridgehead atoms. The van der Waals surface area contributed by atoms with E-state index in [2.05, 4.69) is 45.0 Å². The van der Waals surface area contributed by atoms with Crippen molar-refractivity contribution in [3.05, 3.63) is 70.1 Å². The zero-order chi connectivity index (χ0) is 18.0. The third-order valence-corrected chi connectivity index (χ3v) is 5.60. The Hall–Kier alpha value is -1.91. The Morgan fingerprint density at radius 1 is 1.08 bits per heavy atom. The van der Waals surface area contributed by atoms with E-state index in [0.717, 1.165) is 17.7 Å². The van der Waals surface area contributed by atoms with E-state index in [0.29, 0.717) is 15.1 Å². The second-order valence-electron chi connectivity index (χ2n) is 6.36. The number of thiocarbonyl (C=S) groups is 1. The molecule has 2 nitrogen and oxygen atoms in total. The molecule has 2 aromatic rings. The molecule has 128 valence electrons. The van der Waals surface area contributed by atoms with Crippen molar-refractivity contribution < 1.29 is 4.79 Å². The minimum absolute atomic E-state index is 0.0489. The van der Waals surface area contributed by atoms with Gasteiger partial charge in [0.1, 0.15) is 0 Å². The minimum atomic E-state index is -0.0489. The van der Waals surface area contributed by atoms with Gasteiger partial charge in [0, 0.05) is 0 Å². The average Bonchev–Trinajstić information content (AvgIpc) is 2.89. The second-order valence-corrected chi connectivity index (χ2v) is 8.03. The highest BCUT2D eigenvalue weighted by Gasteiger charge is 2.33. The van der Waals surface area contributed by atoms with E-state index in [1.807, 2.05) is 30.3 Å². The summed E-state index contributed by atoms with van der Waals surface area (Å²) < 4.78 is 0.583. The predicted molar refractivity (Wildman–Crippen MR) is 112 cm³/mol. The van der Waals surface area contributed by atoms with Gasteiger partial charge in [-0.1, -0.05) is 81.1 Å². The van der Waals surface area contributed by atoms with E-state index in [-0.39, 0.29) is 5.91 Å². The highest BCUT2D eigenvalue weighted by molar-refractivity contribution is 8.27. The third kappa shape index (κ3) is 3.86. The Bertz CT molecular complexity index is 820. The molecule has 0 N–H and O–H groups in total. The van der Waals surface area contributed by atoms with Gasteiger partial charge in [-0.15, -0.1) is 0 Å². The number of benzene rings is 2. The lowest BCUT2D eigenvalue weighted by molar-refractivity contribution is -0.113. The number of aryl methyl sites for hydroxylation is 1. The maximum absolute atomic E-state index is 12.8. The van der Waals surface area contributed by atoms with Crippen molar-refractivity contribution in [1.82, 2.24) is 0 Å². The summed E-state index contributed by atoms with van der Waals surface area (Å²) >= 11 is 6.80. The molecule has 2 aromatic carbocycles. The van der Waals surface area contributed by atoms with Crippen LogP contribution in [0.5, 0.6) is 0 Å². The van der Waals surface area contributed by atoms with Gasteiger partial charge < -0.3 is 0 Å².